The molecule has 2 saturated heterocycles. The number of anilines is 2. The predicted molar refractivity (Wildman–Crippen MR) is 109 cm³/mol. The second kappa shape index (κ2) is 9.49. The van der Waals surface area contributed by atoms with Gasteiger partial charge in [-0.3, -0.25) is 4.79 Å². The second-order valence-electron chi connectivity index (χ2n) is 7.34. The molecule has 29 heavy (non-hydrogen) atoms. The maximum atomic E-state index is 12.4. The van der Waals surface area contributed by atoms with E-state index in [-0.39, 0.29) is 18.5 Å². The molecule has 9 nitrogen and oxygen atoms in total. The van der Waals surface area contributed by atoms with Crippen molar-refractivity contribution in [3.8, 4) is 6.01 Å². The quantitative estimate of drug-likeness (QED) is 0.748. The molecule has 0 radical (unpaired) electrons. The first-order chi connectivity index (χ1) is 14.3. The van der Waals surface area contributed by atoms with Crippen molar-refractivity contribution in [3.63, 3.8) is 0 Å². The number of aromatic nitrogens is 4. The molecule has 0 spiro atoms. The van der Waals surface area contributed by atoms with Gasteiger partial charge in [-0.1, -0.05) is 12.8 Å². The van der Waals surface area contributed by atoms with Crippen LogP contribution in [0.25, 0.3) is 0 Å². The van der Waals surface area contributed by atoms with Crippen LogP contribution >= 0.6 is 0 Å². The molecule has 0 atom stereocenters. The monoisotopic (exact) mass is 397 g/mol. The molecule has 2 aliphatic heterocycles. The number of carbonyl (C=O) groups is 1. The molecule has 2 fully saturated rings. The van der Waals surface area contributed by atoms with Gasteiger partial charge in [0.1, 0.15) is 0 Å². The zero-order valence-electron chi connectivity index (χ0n) is 16.6. The van der Waals surface area contributed by atoms with E-state index in [4.69, 9.17) is 4.74 Å². The SMILES string of the molecule is O=C(COc1ncccn1)N1CCN(c2ccc(N3CCCCCC3)nn2)CC1. The average molecular weight is 397 g/mol. The Bertz CT molecular complexity index is 771. The summed E-state index contributed by atoms with van der Waals surface area (Å²) in [4.78, 5) is 26.6. The highest BCUT2D eigenvalue weighted by atomic mass is 16.5. The third kappa shape index (κ3) is 5.10. The van der Waals surface area contributed by atoms with Crippen molar-refractivity contribution in [2.45, 2.75) is 25.7 Å². The molecular weight excluding hydrogens is 370 g/mol. The largest absolute Gasteiger partial charge is 0.453 e. The lowest BCUT2D eigenvalue weighted by molar-refractivity contribution is -0.133. The summed E-state index contributed by atoms with van der Waals surface area (Å²) in [6.45, 7) is 4.79. The van der Waals surface area contributed by atoms with Crippen LogP contribution < -0.4 is 14.5 Å². The summed E-state index contributed by atoms with van der Waals surface area (Å²) in [6, 6.07) is 6.04. The lowest BCUT2D eigenvalue weighted by atomic mass is 10.2. The number of ether oxygens (including phenoxy) is 1. The van der Waals surface area contributed by atoms with E-state index in [0.717, 1.165) is 37.8 Å². The Kier molecular flexibility index (Phi) is 6.33. The highest BCUT2D eigenvalue weighted by Crippen LogP contribution is 2.19. The van der Waals surface area contributed by atoms with Gasteiger partial charge in [0.05, 0.1) is 0 Å². The minimum absolute atomic E-state index is 0.0473. The average Bonchev–Trinajstić information content (AvgIpc) is 3.08. The van der Waals surface area contributed by atoms with Crippen LogP contribution in [0.4, 0.5) is 11.6 Å². The van der Waals surface area contributed by atoms with Gasteiger partial charge in [-0.15, -0.1) is 10.2 Å². The zero-order valence-corrected chi connectivity index (χ0v) is 16.6. The van der Waals surface area contributed by atoms with Gasteiger partial charge < -0.3 is 19.4 Å². The van der Waals surface area contributed by atoms with Gasteiger partial charge in [-0.05, 0) is 31.0 Å². The van der Waals surface area contributed by atoms with Crippen LogP contribution in [0, 0.1) is 0 Å². The fraction of sp³-hybridized carbons (Fsp3) is 0.550. The Hall–Kier alpha value is -2.97. The summed E-state index contributed by atoms with van der Waals surface area (Å²) in [5, 5.41) is 8.90. The number of hydrogen-bond donors (Lipinski definition) is 0. The minimum atomic E-state index is -0.0558. The van der Waals surface area contributed by atoms with Gasteiger partial charge in [0.15, 0.2) is 18.2 Å². The number of piperazine rings is 1. The summed E-state index contributed by atoms with van der Waals surface area (Å²) < 4.78 is 5.36. The number of amides is 1. The maximum Gasteiger partial charge on any atom is 0.316 e. The topological polar surface area (TPSA) is 87.6 Å². The van der Waals surface area contributed by atoms with Crippen molar-refractivity contribution in [1.29, 1.82) is 0 Å². The van der Waals surface area contributed by atoms with Crippen molar-refractivity contribution in [2.24, 2.45) is 0 Å². The van der Waals surface area contributed by atoms with Gasteiger partial charge in [0.2, 0.25) is 0 Å². The van der Waals surface area contributed by atoms with Crippen LogP contribution in [-0.2, 0) is 4.79 Å². The summed E-state index contributed by atoms with van der Waals surface area (Å²) in [5.74, 6) is 1.77. The van der Waals surface area contributed by atoms with Gasteiger partial charge in [0, 0.05) is 51.7 Å². The van der Waals surface area contributed by atoms with Crippen LogP contribution in [0.5, 0.6) is 6.01 Å². The third-order valence-electron chi connectivity index (χ3n) is 5.39. The van der Waals surface area contributed by atoms with Crippen molar-refractivity contribution < 1.29 is 9.53 Å². The van der Waals surface area contributed by atoms with E-state index < -0.39 is 0 Å². The Morgan fingerprint density at radius 1 is 0.828 bits per heavy atom. The van der Waals surface area contributed by atoms with Crippen LogP contribution in [0.2, 0.25) is 0 Å². The van der Waals surface area contributed by atoms with Gasteiger partial charge in [0.25, 0.3) is 5.91 Å². The normalized spacial score (nSPS) is 17.7. The van der Waals surface area contributed by atoms with Crippen molar-refractivity contribution in [1.82, 2.24) is 25.1 Å². The minimum Gasteiger partial charge on any atom is -0.453 e. The molecule has 0 saturated carbocycles. The lowest BCUT2D eigenvalue weighted by Crippen LogP contribution is -2.50. The molecular formula is C20H27N7O2. The van der Waals surface area contributed by atoms with E-state index in [0.29, 0.717) is 13.1 Å². The number of nitrogens with zero attached hydrogens (tertiary/aromatic N) is 7. The highest BCUT2D eigenvalue weighted by molar-refractivity contribution is 5.78. The molecule has 0 N–H and O–H groups in total. The van der Waals surface area contributed by atoms with E-state index in [9.17, 15) is 4.79 Å². The highest BCUT2D eigenvalue weighted by Gasteiger charge is 2.23. The van der Waals surface area contributed by atoms with E-state index in [2.05, 4.69) is 36.0 Å². The van der Waals surface area contributed by atoms with E-state index in [1.165, 1.54) is 25.7 Å². The van der Waals surface area contributed by atoms with Crippen molar-refractivity contribution >= 4 is 17.5 Å². The van der Waals surface area contributed by atoms with Crippen molar-refractivity contribution in [3.05, 3.63) is 30.6 Å². The van der Waals surface area contributed by atoms with E-state index in [1.54, 1.807) is 23.4 Å². The molecule has 9 heteroatoms. The van der Waals surface area contributed by atoms with Crippen LogP contribution in [0.1, 0.15) is 25.7 Å². The molecule has 0 aromatic carbocycles. The van der Waals surface area contributed by atoms with Crippen molar-refractivity contribution in [2.75, 3.05) is 55.7 Å². The van der Waals surface area contributed by atoms with Crippen LogP contribution in [0.3, 0.4) is 0 Å². The fourth-order valence-corrected chi connectivity index (χ4v) is 3.72. The third-order valence-corrected chi connectivity index (χ3v) is 5.39. The molecule has 2 aromatic heterocycles. The maximum absolute atomic E-state index is 12.4. The molecule has 0 bridgehead atoms. The molecule has 2 aliphatic rings. The summed E-state index contributed by atoms with van der Waals surface area (Å²) in [7, 11) is 0. The van der Waals surface area contributed by atoms with Crippen LogP contribution in [0.15, 0.2) is 30.6 Å². The number of hydrogen-bond acceptors (Lipinski definition) is 8. The first-order valence-electron chi connectivity index (χ1n) is 10.3. The number of carbonyl (C=O) groups excluding carboxylic acids is 1. The van der Waals surface area contributed by atoms with Gasteiger partial charge >= 0.3 is 6.01 Å². The smallest absolute Gasteiger partial charge is 0.316 e. The summed E-state index contributed by atoms with van der Waals surface area (Å²) in [5.41, 5.74) is 0. The first kappa shape index (κ1) is 19.4. The standard InChI is InChI=1S/C20H27N7O2/c28-19(16-29-20-21-8-5-9-22-20)27-14-12-26(13-15-27)18-7-6-17(23-24-18)25-10-3-1-2-4-11-25/h5-9H,1-4,10-16H2. The Balaban J connectivity index is 1.26. The Labute approximate surface area is 170 Å². The molecule has 4 rings (SSSR count). The first-order valence-corrected chi connectivity index (χ1v) is 10.3. The summed E-state index contributed by atoms with van der Waals surface area (Å²) >= 11 is 0. The summed E-state index contributed by atoms with van der Waals surface area (Å²) in [6.07, 6.45) is 8.22. The van der Waals surface area contributed by atoms with Gasteiger partial charge in [-0.25, -0.2) is 9.97 Å². The molecule has 0 aliphatic carbocycles. The van der Waals surface area contributed by atoms with Gasteiger partial charge in [-0.2, -0.15) is 0 Å². The Morgan fingerprint density at radius 3 is 2.00 bits per heavy atom. The van der Waals surface area contributed by atoms with E-state index >= 15 is 0 Å². The fourth-order valence-electron chi connectivity index (χ4n) is 3.72. The number of rotatable bonds is 5. The van der Waals surface area contributed by atoms with E-state index in [1.807, 2.05) is 6.07 Å². The molecule has 1 amide bonds. The van der Waals surface area contributed by atoms with Crippen LogP contribution in [-0.4, -0.2) is 76.8 Å². The molecule has 154 valence electrons. The Morgan fingerprint density at radius 2 is 1.41 bits per heavy atom. The predicted octanol–water partition coefficient (Wildman–Crippen LogP) is 1.37. The molecule has 4 heterocycles. The zero-order chi connectivity index (χ0) is 19.9. The lowest BCUT2D eigenvalue weighted by Gasteiger charge is -2.35. The molecule has 0 unspecified atom stereocenters. The second-order valence-corrected chi connectivity index (χ2v) is 7.34. The molecule has 2 aromatic rings.